The lowest BCUT2D eigenvalue weighted by atomic mass is 10.1. The van der Waals surface area contributed by atoms with Gasteiger partial charge in [-0.05, 0) is 37.8 Å². The largest absolute Gasteiger partial charge is 0.350 e. The number of rotatable bonds is 3. The van der Waals surface area contributed by atoms with E-state index in [1.54, 1.807) is 4.90 Å². The van der Waals surface area contributed by atoms with E-state index in [2.05, 4.69) is 27.9 Å². The molecule has 1 saturated heterocycles. The molecule has 0 spiro atoms. The first-order valence-electron chi connectivity index (χ1n) is 7.45. The maximum absolute atomic E-state index is 12.5. The quantitative estimate of drug-likeness (QED) is 0.814. The highest BCUT2D eigenvalue weighted by Gasteiger charge is 2.31. The average molecular weight is 313 g/mol. The van der Waals surface area contributed by atoms with Crippen molar-refractivity contribution in [2.24, 2.45) is 12.0 Å². The molecule has 1 aromatic carbocycles. The van der Waals surface area contributed by atoms with E-state index in [1.165, 1.54) is 17.3 Å². The van der Waals surface area contributed by atoms with Gasteiger partial charge in [-0.25, -0.2) is 0 Å². The molecule has 0 saturated carbocycles. The first-order valence-corrected chi connectivity index (χ1v) is 8.27. The second-order valence-electron chi connectivity index (χ2n) is 5.13. The SMILES string of the molecule is CCN=C1S/C(=C\c2cn(C)c3ccccc23)C(=O)N1CC. The minimum atomic E-state index is 0.0487. The molecule has 2 heterocycles. The summed E-state index contributed by atoms with van der Waals surface area (Å²) in [7, 11) is 2.02. The molecule has 0 N–H and O–H groups in total. The fourth-order valence-corrected chi connectivity index (χ4v) is 3.77. The van der Waals surface area contributed by atoms with Crippen LogP contribution in [0.3, 0.4) is 0 Å². The fourth-order valence-electron chi connectivity index (χ4n) is 2.67. The van der Waals surface area contributed by atoms with Crippen LogP contribution in [0.25, 0.3) is 17.0 Å². The Morgan fingerprint density at radius 2 is 2.05 bits per heavy atom. The summed E-state index contributed by atoms with van der Waals surface area (Å²) in [6.07, 6.45) is 4.05. The van der Waals surface area contributed by atoms with Crippen molar-refractivity contribution in [2.45, 2.75) is 13.8 Å². The number of hydrogen-bond donors (Lipinski definition) is 0. The summed E-state index contributed by atoms with van der Waals surface area (Å²) in [4.78, 5) is 19.4. The zero-order valence-corrected chi connectivity index (χ0v) is 13.9. The zero-order chi connectivity index (χ0) is 15.7. The van der Waals surface area contributed by atoms with Gasteiger partial charge in [0.25, 0.3) is 5.91 Å². The lowest BCUT2D eigenvalue weighted by Gasteiger charge is -2.11. The van der Waals surface area contributed by atoms with Crippen molar-refractivity contribution in [2.75, 3.05) is 13.1 Å². The van der Waals surface area contributed by atoms with Crippen LogP contribution >= 0.6 is 11.8 Å². The maximum Gasteiger partial charge on any atom is 0.266 e. The van der Waals surface area contributed by atoms with E-state index >= 15 is 0 Å². The molecule has 0 radical (unpaired) electrons. The van der Waals surface area contributed by atoms with Crippen LogP contribution in [0.2, 0.25) is 0 Å². The van der Waals surface area contributed by atoms with Crippen LogP contribution in [-0.2, 0) is 11.8 Å². The van der Waals surface area contributed by atoms with Crippen LogP contribution in [0.5, 0.6) is 0 Å². The number of fused-ring (bicyclic) bond motifs is 1. The van der Waals surface area contributed by atoms with Gasteiger partial charge in [-0.3, -0.25) is 14.7 Å². The van der Waals surface area contributed by atoms with Crippen molar-refractivity contribution in [1.29, 1.82) is 0 Å². The molecule has 0 aliphatic carbocycles. The summed E-state index contributed by atoms with van der Waals surface area (Å²) in [6.45, 7) is 5.30. The summed E-state index contributed by atoms with van der Waals surface area (Å²) >= 11 is 1.47. The minimum Gasteiger partial charge on any atom is -0.350 e. The molecule has 1 fully saturated rings. The van der Waals surface area contributed by atoms with E-state index in [-0.39, 0.29) is 5.91 Å². The van der Waals surface area contributed by atoms with Crippen LogP contribution in [0.4, 0.5) is 0 Å². The highest BCUT2D eigenvalue weighted by molar-refractivity contribution is 8.18. The molecule has 1 aromatic heterocycles. The molecular weight excluding hydrogens is 294 g/mol. The molecule has 1 amide bonds. The third-order valence-electron chi connectivity index (χ3n) is 3.71. The summed E-state index contributed by atoms with van der Waals surface area (Å²) < 4.78 is 2.09. The van der Waals surface area contributed by atoms with Crippen LogP contribution in [0, 0.1) is 0 Å². The van der Waals surface area contributed by atoms with Gasteiger partial charge in [0.1, 0.15) is 0 Å². The standard InChI is InChI=1S/C17H19N3OS/c1-4-18-17-20(5-2)16(21)15(22-17)10-12-11-19(3)14-9-7-6-8-13(12)14/h6-11H,4-5H2,1-3H3/b15-10-,18-17?. The highest BCUT2D eigenvalue weighted by atomic mass is 32.2. The average Bonchev–Trinajstić information content (AvgIpc) is 2.99. The molecule has 1 aliphatic rings. The number of aliphatic imine (C=N–C) groups is 1. The molecule has 22 heavy (non-hydrogen) atoms. The highest BCUT2D eigenvalue weighted by Crippen LogP contribution is 2.34. The number of amides is 1. The Balaban J connectivity index is 2.04. The number of likely N-dealkylation sites (N-methyl/N-ethyl adjacent to an activating group) is 1. The molecule has 2 aromatic rings. The number of aromatic nitrogens is 1. The van der Waals surface area contributed by atoms with Crippen molar-refractivity contribution >= 4 is 39.8 Å². The lowest BCUT2D eigenvalue weighted by molar-refractivity contribution is -0.122. The van der Waals surface area contributed by atoms with Gasteiger partial charge in [0.15, 0.2) is 5.17 Å². The number of thioether (sulfide) groups is 1. The van der Waals surface area contributed by atoms with E-state index in [4.69, 9.17) is 0 Å². The maximum atomic E-state index is 12.5. The van der Waals surface area contributed by atoms with E-state index < -0.39 is 0 Å². The van der Waals surface area contributed by atoms with Crippen molar-refractivity contribution in [3.05, 3.63) is 40.9 Å². The summed E-state index contributed by atoms with van der Waals surface area (Å²) in [5.41, 5.74) is 2.24. The number of hydrogen-bond acceptors (Lipinski definition) is 3. The molecule has 4 nitrogen and oxygen atoms in total. The van der Waals surface area contributed by atoms with E-state index in [0.717, 1.165) is 21.0 Å². The third kappa shape index (κ3) is 2.46. The topological polar surface area (TPSA) is 37.6 Å². The van der Waals surface area contributed by atoms with Crippen LogP contribution in [0.1, 0.15) is 19.4 Å². The second-order valence-corrected chi connectivity index (χ2v) is 6.14. The van der Waals surface area contributed by atoms with E-state index in [9.17, 15) is 4.79 Å². The predicted molar refractivity (Wildman–Crippen MR) is 93.9 cm³/mol. The zero-order valence-electron chi connectivity index (χ0n) is 13.0. The number of nitrogens with zero attached hydrogens (tertiary/aromatic N) is 3. The molecule has 114 valence electrons. The molecule has 1 aliphatic heterocycles. The monoisotopic (exact) mass is 313 g/mol. The molecule has 0 atom stereocenters. The van der Waals surface area contributed by atoms with Crippen molar-refractivity contribution < 1.29 is 4.79 Å². The summed E-state index contributed by atoms with van der Waals surface area (Å²) in [6, 6.07) is 8.23. The number of para-hydroxylation sites is 1. The summed E-state index contributed by atoms with van der Waals surface area (Å²) in [5.74, 6) is 0.0487. The first-order chi connectivity index (χ1) is 10.7. The summed E-state index contributed by atoms with van der Waals surface area (Å²) in [5, 5.41) is 1.97. The third-order valence-corrected chi connectivity index (χ3v) is 4.76. The minimum absolute atomic E-state index is 0.0487. The normalized spacial score (nSPS) is 19.0. The van der Waals surface area contributed by atoms with Crippen molar-refractivity contribution in [1.82, 2.24) is 9.47 Å². The van der Waals surface area contributed by atoms with Gasteiger partial charge in [-0.15, -0.1) is 0 Å². The Hall–Kier alpha value is -2.01. The van der Waals surface area contributed by atoms with Gasteiger partial charge in [0, 0.05) is 42.8 Å². The van der Waals surface area contributed by atoms with Crippen molar-refractivity contribution in [3.63, 3.8) is 0 Å². The van der Waals surface area contributed by atoms with Crippen LogP contribution in [-0.4, -0.2) is 33.6 Å². The van der Waals surface area contributed by atoms with Gasteiger partial charge >= 0.3 is 0 Å². The van der Waals surface area contributed by atoms with Gasteiger partial charge in [0.2, 0.25) is 0 Å². The molecule has 0 unspecified atom stereocenters. The number of carbonyl (C=O) groups is 1. The smallest absolute Gasteiger partial charge is 0.266 e. The Morgan fingerprint density at radius 1 is 1.27 bits per heavy atom. The fraction of sp³-hybridized carbons (Fsp3) is 0.294. The Labute approximate surface area is 134 Å². The Bertz CT molecular complexity index is 788. The number of carbonyl (C=O) groups excluding carboxylic acids is 1. The van der Waals surface area contributed by atoms with Gasteiger partial charge in [-0.1, -0.05) is 18.2 Å². The Kier molecular flexibility index (Phi) is 4.07. The van der Waals surface area contributed by atoms with Gasteiger partial charge in [-0.2, -0.15) is 0 Å². The van der Waals surface area contributed by atoms with Crippen LogP contribution < -0.4 is 0 Å². The van der Waals surface area contributed by atoms with E-state index in [1.807, 2.05) is 39.1 Å². The number of amidine groups is 1. The first kappa shape index (κ1) is 14.9. The van der Waals surface area contributed by atoms with Crippen LogP contribution in [0.15, 0.2) is 40.4 Å². The predicted octanol–water partition coefficient (Wildman–Crippen LogP) is 3.49. The van der Waals surface area contributed by atoms with Gasteiger partial charge < -0.3 is 4.57 Å². The number of benzene rings is 1. The molecule has 0 bridgehead atoms. The lowest BCUT2D eigenvalue weighted by Crippen LogP contribution is -2.28. The Morgan fingerprint density at radius 3 is 2.77 bits per heavy atom. The van der Waals surface area contributed by atoms with Gasteiger partial charge in [0.05, 0.1) is 4.91 Å². The molecule has 5 heteroatoms. The molecular formula is C17H19N3OS. The second kappa shape index (κ2) is 6.01. The number of aryl methyl sites for hydroxylation is 1. The van der Waals surface area contributed by atoms with E-state index in [0.29, 0.717) is 13.1 Å². The molecule has 3 rings (SSSR count). The van der Waals surface area contributed by atoms with Crippen molar-refractivity contribution in [3.8, 4) is 0 Å².